The van der Waals surface area contributed by atoms with Crippen LogP contribution in [-0.2, 0) is 0 Å². The molecule has 1 atom stereocenters. The van der Waals surface area contributed by atoms with Crippen LogP contribution < -0.4 is 15.5 Å². The zero-order valence-electron chi connectivity index (χ0n) is 16.9. The number of anilines is 1. The number of hydrogen-bond acceptors (Lipinski definition) is 3. The Morgan fingerprint density at radius 3 is 2.76 bits per heavy atom. The van der Waals surface area contributed by atoms with Gasteiger partial charge in [-0.2, -0.15) is 0 Å². The summed E-state index contributed by atoms with van der Waals surface area (Å²) in [4.78, 5) is 28.7. The molecule has 3 amide bonds. The predicted octanol–water partition coefficient (Wildman–Crippen LogP) is 2.74. The first-order chi connectivity index (χ1) is 14.1. The second-order valence-corrected chi connectivity index (χ2v) is 7.84. The number of amides is 3. The molecule has 2 fully saturated rings. The Labute approximate surface area is 171 Å². The van der Waals surface area contributed by atoms with Crippen LogP contribution in [0.1, 0.15) is 33.8 Å². The Kier molecular flexibility index (Phi) is 5.81. The van der Waals surface area contributed by atoms with Crippen molar-refractivity contribution in [2.45, 2.75) is 19.3 Å². The Bertz CT molecular complexity index is 884. The van der Waals surface area contributed by atoms with E-state index in [9.17, 15) is 9.59 Å². The molecule has 6 heteroatoms. The molecule has 2 aliphatic rings. The van der Waals surface area contributed by atoms with Gasteiger partial charge >= 0.3 is 6.03 Å². The van der Waals surface area contributed by atoms with Gasteiger partial charge in [-0.15, -0.1) is 0 Å². The monoisotopic (exact) mass is 392 g/mol. The fraction of sp³-hybridized carbons (Fsp3) is 0.391. The maximum Gasteiger partial charge on any atom is 0.322 e. The maximum absolute atomic E-state index is 12.6. The van der Waals surface area contributed by atoms with Crippen molar-refractivity contribution in [1.29, 1.82) is 0 Å². The molecule has 0 spiro atoms. The van der Waals surface area contributed by atoms with Gasteiger partial charge in [-0.1, -0.05) is 36.4 Å². The van der Waals surface area contributed by atoms with E-state index in [2.05, 4.69) is 45.9 Å². The van der Waals surface area contributed by atoms with Crippen LogP contribution >= 0.6 is 0 Å². The van der Waals surface area contributed by atoms with Crippen LogP contribution in [-0.4, -0.2) is 56.1 Å². The van der Waals surface area contributed by atoms with Crippen LogP contribution in [0.5, 0.6) is 0 Å². The molecule has 0 radical (unpaired) electrons. The van der Waals surface area contributed by atoms with Crippen molar-refractivity contribution in [1.82, 2.24) is 15.5 Å². The number of urea groups is 1. The summed E-state index contributed by atoms with van der Waals surface area (Å²) < 4.78 is 0. The van der Waals surface area contributed by atoms with Crippen molar-refractivity contribution in [3.05, 3.63) is 65.2 Å². The minimum absolute atomic E-state index is 0.0929. The summed E-state index contributed by atoms with van der Waals surface area (Å²) in [5, 5.41) is 5.84. The van der Waals surface area contributed by atoms with E-state index < -0.39 is 0 Å². The van der Waals surface area contributed by atoms with Crippen molar-refractivity contribution in [3.63, 3.8) is 0 Å². The lowest BCUT2D eigenvalue weighted by molar-refractivity contribution is 0.0949. The predicted molar refractivity (Wildman–Crippen MR) is 114 cm³/mol. The molecule has 29 heavy (non-hydrogen) atoms. The van der Waals surface area contributed by atoms with E-state index in [4.69, 9.17) is 0 Å². The van der Waals surface area contributed by atoms with Crippen LogP contribution in [0.4, 0.5) is 10.5 Å². The van der Waals surface area contributed by atoms with Crippen molar-refractivity contribution in [2.24, 2.45) is 0 Å². The van der Waals surface area contributed by atoms with E-state index in [0.717, 1.165) is 37.3 Å². The Hall–Kier alpha value is -2.86. The fourth-order valence-electron chi connectivity index (χ4n) is 4.21. The summed E-state index contributed by atoms with van der Waals surface area (Å²) in [5.41, 5.74) is 3.78. The van der Waals surface area contributed by atoms with Crippen LogP contribution in [0, 0.1) is 6.92 Å². The molecule has 2 heterocycles. The second kappa shape index (κ2) is 8.66. The molecular formula is C23H28N4O2. The molecular weight excluding hydrogens is 364 g/mol. The smallest absolute Gasteiger partial charge is 0.322 e. The Morgan fingerprint density at radius 2 is 2.00 bits per heavy atom. The molecule has 152 valence electrons. The number of carbonyl (C=O) groups is 2. The largest absolute Gasteiger partial charge is 0.351 e. The zero-order valence-corrected chi connectivity index (χ0v) is 16.9. The van der Waals surface area contributed by atoms with Crippen molar-refractivity contribution >= 4 is 17.6 Å². The molecule has 2 aromatic rings. The van der Waals surface area contributed by atoms with Gasteiger partial charge in [-0.3, -0.25) is 9.69 Å². The molecule has 4 rings (SSSR count). The summed E-state index contributed by atoms with van der Waals surface area (Å²) in [7, 11) is 0. The van der Waals surface area contributed by atoms with Gasteiger partial charge in [-0.25, -0.2) is 4.79 Å². The number of carbonyl (C=O) groups excluding carboxylic acids is 2. The average molecular weight is 393 g/mol. The Balaban J connectivity index is 1.30. The summed E-state index contributed by atoms with van der Waals surface area (Å²) in [6, 6.07) is 16.1. The number of nitrogens with zero attached hydrogens (tertiary/aromatic N) is 2. The molecule has 2 N–H and O–H groups in total. The summed E-state index contributed by atoms with van der Waals surface area (Å²) >= 11 is 0. The maximum atomic E-state index is 12.6. The van der Waals surface area contributed by atoms with E-state index in [1.807, 2.05) is 25.1 Å². The van der Waals surface area contributed by atoms with Crippen LogP contribution in [0.2, 0.25) is 0 Å². The normalized spacial score (nSPS) is 19.4. The zero-order chi connectivity index (χ0) is 20.2. The standard InChI is InChI=1S/C23H28N4O2/c1-17-7-8-19(15-21(17)27-14-11-25-23(27)29)22(28)24-10-13-26-12-9-20(16-26)18-5-3-2-4-6-18/h2-8,15,20H,9-14,16H2,1H3,(H,24,28)(H,25,29). The third kappa shape index (κ3) is 4.43. The van der Waals surface area contributed by atoms with Crippen molar-refractivity contribution in [3.8, 4) is 0 Å². The van der Waals surface area contributed by atoms with Gasteiger partial charge in [-0.05, 0) is 49.1 Å². The second-order valence-electron chi connectivity index (χ2n) is 7.84. The van der Waals surface area contributed by atoms with Crippen LogP contribution in [0.15, 0.2) is 48.5 Å². The molecule has 0 aliphatic carbocycles. The van der Waals surface area contributed by atoms with Gasteiger partial charge in [0, 0.05) is 44.0 Å². The van der Waals surface area contributed by atoms with Gasteiger partial charge in [0.2, 0.25) is 0 Å². The molecule has 1 unspecified atom stereocenters. The van der Waals surface area contributed by atoms with Gasteiger partial charge in [0.15, 0.2) is 0 Å². The summed E-state index contributed by atoms with van der Waals surface area (Å²) in [6.45, 7) is 6.79. The van der Waals surface area contributed by atoms with Crippen LogP contribution in [0.25, 0.3) is 0 Å². The topological polar surface area (TPSA) is 64.7 Å². The number of hydrogen-bond donors (Lipinski definition) is 2. The van der Waals surface area contributed by atoms with E-state index in [1.54, 1.807) is 4.90 Å². The highest BCUT2D eigenvalue weighted by Crippen LogP contribution is 2.26. The first kappa shape index (κ1) is 19.5. The first-order valence-corrected chi connectivity index (χ1v) is 10.3. The van der Waals surface area contributed by atoms with Gasteiger partial charge in [0.05, 0.1) is 0 Å². The lowest BCUT2D eigenvalue weighted by Gasteiger charge is -2.19. The van der Waals surface area contributed by atoms with Gasteiger partial charge in [0.25, 0.3) is 5.91 Å². The molecule has 0 saturated carbocycles. The summed E-state index contributed by atoms with van der Waals surface area (Å²) in [5.74, 6) is 0.489. The fourth-order valence-corrected chi connectivity index (χ4v) is 4.21. The van der Waals surface area contributed by atoms with E-state index in [1.165, 1.54) is 5.56 Å². The quantitative estimate of drug-likeness (QED) is 0.795. The number of benzene rings is 2. The highest BCUT2D eigenvalue weighted by atomic mass is 16.2. The van der Waals surface area contributed by atoms with Crippen molar-refractivity contribution in [2.75, 3.05) is 44.2 Å². The molecule has 0 bridgehead atoms. The number of nitrogens with one attached hydrogen (secondary N) is 2. The molecule has 2 saturated heterocycles. The molecule has 0 aromatic heterocycles. The lowest BCUT2D eigenvalue weighted by atomic mass is 9.99. The first-order valence-electron chi connectivity index (χ1n) is 10.3. The Morgan fingerprint density at radius 1 is 1.17 bits per heavy atom. The lowest BCUT2D eigenvalue weighted by Crippen LogP contribution is -2.34. The third-order valence-electron chi connectivity index (χ3n) is 5.88. The minimum atomic E-state index is -0.104. The van der Waals surface area contributed by atoms with E-state index in [-0.39, 0.29) is 11.9 Å². The SMILES string of the molecule is Cc1ccc(C(=O)NCCN2CCC(c3ccccc3)C2)cc1N1CCNC1=O. The third-order valence-corrected chi connectivity index (χ3v) is 5.88. The number of likely N-dealkylation sites (tertiary alicyclic amines) is 1. The highest BCUT2D eigenvalue weighted by Gasteiger charge is 2.24. The van der Waals surface area contributed by atoms with Gasteiger partial charge in [0.1, 0.15) is 0 Å². The minimum Gasteiger partial charge on any atom is -0.351 e. The average Bonchev–Trinajstić information content (AvgIpc) is 3.38. The molecule has 2 aromatic carbocycles. The van der Waals surface area contributed by atoms with Crippen molar-refractivity contribution < 1.29 is 9.59 Å². The highest BCUT2D eigenvalue weighted by molar-refractivity contribution is 5.99. The van der Waals surface area contributed by atoms with Gasteiger partial charge < -0.3 is 15.5 Å². The number of rotatable bonds is 6. The summed E-state index contributed by atoms with van der Waals surface area (Å²) in [6.07, 6.45) is 1.16. The van der Waals surface area contributed by atoms with E-state index >= 15 is 0 Å². The van der Waals surface area contributed by atoms with E-state index in [0.29, 0.717) is 31.1 Å². The van der Waals surface area contributed by atoms with Crippen LogP contribution in [0.3, 0.4) is 0 Å². The number of aryl methyl sites for hydroxylation is 1. The molecule has 6 nitrogen and oxygen atoms in total. The molecule has 2 aliphatic heterocycles.